The van der Waals surface area contributed by atoms with Gasteiger partial charge in [-0.1, -0.05) is 115 Å². The van der Waals surface area contributed by atoms with E-state index in [0.29, 0.717) is 0 Å². The van der Waals surface area contributed by atoms with Crippen LogP contribution in [0.25, 0.3) is 0 Å². The number of anilines is 2. The van der Waals surface area contributed by atoms with Crippen LogP contribution in [0.5, 0.6) is 0 Å². The van der Waals surface area contributed by atoms with Gasteiger partial charge in [0.1, 0.15) is 0 Å². The van der Waals surface area contributed by atoms with Crippen molar-refractivity contribution < 1.29 is 0 Å². The number of aryl methyl sites for hydroxylation is 4. The van der Waals surface area contributed by atoms with Gasteiger partial charge in [-0.05, 0) is 124 Å². The number of hydrogen-bond acceptors (Lipinski definition) is 2. The summed E-state index contributed by atoms with van der Waals surface area (Å²) in [6.07, 6.45) is 3.05. The second kappa shape index (κ2) is 10.8. The zero-order chi connectivity index (χ0) is 32.4. The molecule has 1 aliphatic carbocycles. The van der Waals surface area contributed by atoms with E-state index in [1.807, 2.05) is 0 Å². The molecular formula is C42H54N2. The van der Waals surface area contributed by atoms with E-state index in [2.05, 4.69) is 143 Å². The standard InChI is InChI=1S/C42H54N2/c1-26-17-30(18-27(2)37(26)43)23-39(5,6)32-13-12-14-34(21-32)42(11)25-41(9,10)36-22-33(15-16-35(36)42)40(7,8)24-31-19-28(3)38(44)29(4)20-31/h12-22H,23-25,43-44H2,1-11H3. The minimum atomic E-state index is -0.0485. The second-order valence-corrected chi connectivity index (χ2v) is 16.1. The van der Waals surface area contributed by atoms with Crippen molar-refractivity contribution in [1.82, 2.24) is 0 Å². The van der Waals surface area contributed by atoms with E-state index >= 15 is 0 Å². The van der Waals surface area contributed by atoms with Crippen molar-refractivity contribution in [2.24, 2.45) is 0 Å². The average Bonchev–Trinajstić information content (AvgIpc) is 3.15. The Morgan fingerprint density at radius 1 is 0.591 bits per heavy atom. The molecule has 2 heteroatoms. The molecule has 0 saturated heterocycles. The molecule has 1 aliphatic rings. The maximum absolute atomic E-state index is 6.27. The Balaban J connectivity index is 1.48. The summed E-state index contributed by atoms with van der Waals surface area (Å²) in [5, 5.41) is 0. The monoisotopic (exact) mass is 586 g/mol. The fourth-order valence-electron chi connectivity index (χ4n) is 8.18. The lowest BCUT2D eigenvalue weighted by molar-refractivity contribution is 0.423. The van der Waals surface area contributed by atoms with Gasteiger partial charge in [-0.3, -0.25) is 0 Å². The summed E-state index contributed by atoms with van der Waals surface area (Å²) in [4.78, 5) is 0. The van der Waals surface area contributed by atoms with Gasteiger partial charge in [-0.25, -0.2) is 0 Å². The molecule has 4 aromatic carbocycles. The molecule has 0 spiro atoms. The third kappa shape index (κ3) is 5.69. The van der Waals surface area contributed by atoms with Crippen LogP contribution in [-0.2, 0) is 34.5 Å². The Morgan fingerprint density at radius 3 is 1.52 bits per heavy atom. The van der Waals surface area contributed by atoms with E-state index < -0.39 is 0 Å². The predicted octanol–water partition coefficient (Wildman–Crippen LogP) is 10.1. The predicted molar refractivity (Wildman–Crippen MR) is 191 cm³/mol. The summed E-state index contributed by atoms with van der Waals surface area (Å²) in [6, 6.07) is 25.9. The van der Waals surface area contributed by atoms with Gasteiger partial charge < -0.3 is 11.5 Å². The van der Waals surface area contributed by atoms with Crippen LogP contribution in [0.1, 0.15) is 116 Å². The van der Waals surface area contributed by atoms with Crippen molar-refractivity contribution in [2.75, 3.05) is 11.5 Å². The summed E-state index contributed by atoms with van der Waals surface area (Å²) < 4.78 is 0. The average molecular weight is 587 g/mol. The van der Waals surface area contributed by atoms with Gasteiger partial charge in [0.2, 0.25) is 0 Å². The molecule has 0 aromatic heterocycles. The van der Waals surface area contributed by atoms with Gasteiger partial charge in [0.15, 0.2) is 0 Å². The first-order valence-electron chi connectivity index (χ1n) is 16.3. The second-order valence-electron chi connectivity index (χ2n) is 16.1. The first-order valence-corrected chi connectivity index (χ1v) is 16.3. The number of fused-ring (bicyclic) bond motifs is 1. The molecule has 44 heavy (non-hydrogen) atoms. The minimum Gasteiger partial charge on any atom is -0.398 e. The molecule has 0 radical (unpaired) electrons. The van der Waals surface area contributed by atoms with Crippen molar-refractivity contribution in [2.45, 2.75) is 117 Å². The van der Waals surface area contributed by atoms with Crippen molar-refractivity contribution in [3.05, 3.63) is 128 Å². The van der Waals surface area contributed by atoms with Crippen LogP contribution in [0.2, 0.25) is 0 Å². The Morgan fingerprint density at radius 2 is 1.05 bits per heavy atom. The van der Waals surface area contributed by atoms with Crippen molar-refractivity contribution in [3.63, 3.8) is 0 Å². The molecule has 4 aromatic rings. The SMILES string of the molecule is Cc1cc(CC(C)(C)c2cccc(C3(C)CC(C)(C)c4cc(C(C)(C)Cc5cc(C)c(N)c(C)c5)ccc43)c2)cc(C)c1N. The molecule has 0 amide bonds. The van der Waals surface area contributed by atoms with Crippen LogP contribution in [0.3, 0.4) is 0 Å². The van der Waals surface area contributed by atoms with Crippen LogP contribution in [0.15, 0.2) is 66.7 Å². The lowest BCUT2D eigenvalue weighted by Gasteiger charge is -2.32. The van der Waals surface area contributed by atoms with Crippen molar-refractivity contribution in [3.8, 4) is 0 Å². The highest BCUT2D eigenvalue weighted by Gasteiger charge is 2.46. The quantitative estimate of drug-likeness (QED) is 0.212. The maximum Gasteiger partial charge on any atom is 0.0373 e. The van der Waals surface area contributed by atoms with Crippen LogP contribution in [0.4, 0.5) is 11.4 Å². The molecule has 232 valence electrons. The van der Waals surface area contributed by atoms with E-state index in [-0.39, 0.29) is 21.7 Å². The van der Waals surface area contributed by atoms with Gasteiger partial charge in [0.05, 0.1) is 0 Å². The molecule has 0 heterocycles. The molecule has 2 nitrogen and oxygen atoms in total. The molecular weight excluding hydrogens is 532 g/mol. The van der Waals surface area contributed by atoms with E-state index in [1.165, 1.54) is 61.2 Å². The minimum absolute atomic E-state index is 0.00183. The number of nitrogens with two attached hydrogens (primary N) is 2. The molecule has 0 saturated carbocycles. The molecule has 5 rings (SSSR count). The third-order valence-corrected chi connectivity index (χ3v) is 10.8. The largest absolute Gasteiger partial charge is 0.398 e. The maximum atomic E-state index is 6.27. The topological polar surface area (TPSA) is 52.0 Å². The first kappa shape index (κ1) is 31.9. The Kier molecular flexibility index (Phi) is 7.85. The van der Waals surface area contributed by atoms with Crippen LogP contribution in [-0.4, -0.2) is 0 Å². The number of nitrogen functional groups attached to an aromatic ring is 2. The zero-order valence-electron chi connectivity index (χ0n) is 29.1. The summed E-state index contributed by atoms with van der Waals surface area (Å²) in [5.74, 6) is 0. The highest BCUT2D eigenvalue weighted by atomic mass is 14.6. The van der Waals surface area contributed by atoms with Gasteiger partial charge in [-0.2, -0.15) is 0 Å². The fourth-order valence-corrected chi connectivity index (χ4v) is 8.18. The summed E-state index contributed by atoms with van der Waals surface area (Å²) in [6.45, 7) is 25.3. The lowest BCUT2D eigenvalue weighted by atomic mass is 9.72. The number of hydrogen-bond donors (Lipinski definition) is 2. The van der Waals surface area contributed by atoms with Crippen molar-refractivity contribution >= 4 is 11.4 Å². The normalized spacial score (nSPS) is 18.0. The fraction of sp³-hybridized carbons (Fsp3) is 0.429. The van der Waals surface area contributed by atoms with Crippen LogP contribution >= 0.6 is 0 Å². The number of benzene rings is 4. The van der Waals surface area contributed by atoms with E-state index in [9.17, 15) is 0 Å². The Labute approximate surface area is 267 Å². The van der Waals surface area contributed by atoms with E-state index in [1.54, 1.807) is 0 Å². The van der Waals surface area contributed by atoms with Gasteiger partial charge >= 0.3 is 0 Å². The Bertz CT molecular complexity index is 1690. The molecule has 0 aliphatic heterocycles. The van der Waals surface area contributed by atoms with Gasteiger partial charge in [0.25, 0.3) is 0 Å². The molecule has 1 unspecified atom stereocenters. The zero-order valence-corrected chi connectivity index (χ0v) is 29.1. The highest BCUT2D eigenvalue weighted by molar-refractivity contribution is 5.57. The summed E-state index contributed by atoms with van der Waals surface area (Å²) >= 11 is 0. The number of rotatable bonds is 7. The van der Waals surface area contributed by atoms with Gasteiger partial charge in [0, 0.05) is 16.8 Å². The highest BCUT2D eigenvalue weighted by Crippen LogP contribution is 2.54. The lowest BCUT2D eigenvalue weighted by Crippen LogP contribution is -2.26. The van der Waals surface area contributed by atoms with E-state index in [4.69, 9.17) is 11.5 Å². The van der Waals surface area contributed by atoms with Crippen LogP contribution in [0, 0.1) is 27.7 Å². The van der Waals surface area contributed by atoms with Crippen LogP contribution < -0.4 is 11.5 Å². The molecule has 4 N–H and O–H groups in total. The molecule has 1 atom stereocenters. The molecule has 0 bridgehead atoms. The third-order valence-electron chi connectivity index (χ3n) is 10.8. The molecule has 0 fully saturated rings. The Hall–Kier alpha value is -3.52. The summed E-state index contributed by atoms with van der Waals surface area (Å²) in [5.41, 5.74) is 28.9. The van der Waals surface area contributed by atoms with Crippen molar-refractivity contribution in [1.29, 1.82) is 0 Å². The van der Waals surface area contributed by atoms with E-state index in [0.717, 1.165) is 30.6 Å². The summed E-state index contributed by atoms with van der Waals surface area (Å²) in [7, 11) is 0. The first-order chi connectivity index (χ1) is 20.3. The smallest absolute Gasteiger partial charge is 0.0373 e. The van der Waals surface area contributed by atoms with Gasteiger partial charge in [-0.15, -0.1) is 0 Å².